The maximum Gasteiger partial charge on any atom is 0.172 e. The summed E-state index contributed by atoms with van der Waals surface area (Å²) < 4.78 is 5.85. The van der Waals surface area contributed by atoms with Crippen molar-refractivity contribution >= 4 is 5.78 Å². The molecule has 1 aliphatic heterocycles. The highest BCUT2D eigenvalue weighted by Gasteiger charge is 2.43. The fraction of sp³-hybridized carbons (Fsp3) is 0.462. The molecule has 1 aliphatic carbocycles. The zero-order valence-corrected chi connectivity index (χ0v) is 9.40. The van der Waals surface area contributed by atoms with Crippen LogP contribution in [0.25, 0.3) is 0 Å². The number of phenolic OH excluding ortho intramolecular Hbond substituents is 2. The van der Waals surface area contributed by atoms with Crippen LogP contribution < -0.4 is 4.74 Å². The van der Waals surface area contributed by atoms with Crippen LogP contribution in [-0.4, -0.2) is 21.6 Å². The molecule has 3 rings (SSSR count). The third kappa shape index (κ3) is 1.55. The Morgan fingerprint density at radius 1 is 1.18 bits per heavy atom. The van der Waals surface area contributed by atoms with Gasteiger partial charge in [0.25, 0.3) is 0 Å². The van der Waals surface area contributed by atoms with Crippen LogP contribution in [0.5, 0.6) is 17.2 Å². The average molecular weight is 234 g/mol. The van der Waals surface area contributed by atoms with Crippen LogP contribution in [0.3, 0.4) is 0 Å². The van der Waals surface area contributed by atoms with Crippen LogP contribution >= 0.6 is 0 Å². The van der Waals surface area contributed by atoms with E-state index in [1.807, 2.05) is 0 Å². The van der Waals surface area contributed by atoms with Crippen molar-refractivity contribution in [3.8, 4) is 17.2 Å². The molecule has 2 aliphatic rings. The molecule has 17 heavy (non-hydrogen) atoms. The van der Waals surface area contributed by atoms with Crippen LogP contribution in [0.15, 0.2) is 12.1 Å². The lowest BCUT2D eigenvalue weighted by atomic mass is 9.88. The second kappa shape index (κ2) is 3.39. The second-order valence-corrected chi connectivity index (χ2v) is 4.93. The van der Waals surface area contributed by atoms with Gasteiger partial charge in [-0.1, -0.05) is 0 Å². The molecule has 1 aromatic carbocycles. The van der Waals surface area contributed by atoms with Crippen molar-refractivity contribution in [1.29, 1.82) is 0 Å². The van der Waals surface area contributed by atoms with Gasteiger partial charge in [0, 0.05) is 6.07 Å². The number of benzene rings is 1. The number of fused-ring (bicyclic) bond motifs is 1. The van der Waals surface area contributed by atoms with Crippen molar-refractivity contribution in [3.05, 3.63) is 17.7 Å². The van der Waals surface area contributed by atoms with Crippen molar-refractivity contribution in [3.63, 3.8) is 0 Å². The monoisotopic (exact) mass is 234 g/mol. The number of carbonyl (C=O) groups is 1. The molecule has 1 aromatic rings. The Labute approximate surface area is 98.8 Å². The Bertz CT molecular complexity index is 486. The van der Waals surface area contributed by atoms with Crippen LogP contribution in [0.2, 0.25) is 0 Å². The number of rotatable bonds is 0. The number of carbonyl (C=O) groups excluding carboxylic acids is 1. The molecule has 1 fully saturated rings. The highest BCUT2D eigenvalue weighted by atomic mass is 16.5. The number of Topliss-reactive ketones (excluding diaryl/α,β-unsaturated/α-hetero) is 1. The van der Waals surface area contributed by atoms with Crippen LogP contribution in [0.1, 0.15) is 42.5 Å². The van der Waals surface area contributed by atoms with Crippen LogP contribution in [0, 0.1) is 0 Å². The van der Waals surface area contributed by atoms with Gasteiger partial charge in [0.1, 0.15) is 11.4 Å². The van der Waals surface area contributed by atoms with Crippen molar-refractivity contribution in [2.75, 3.05) is 0 Å². The maximum atomic E-state index is 12.0. The molecule has 4 heteroatoms. The van der Waals surface area contributed by atoms with E-state index in [9.17, 15) is 15.0 Å². The van der Waals surface area contributed by atoms with Gasteiger partial charge in [0.15, 0.2) is 17.3 Å². The topological polar surface area (TPSA) is 66.8 Å². The molecule has 0 saturated heterocycles. The standard InChI is InChI=1S/C13H14O4/c14-8-5-9-11(16)7-13(3-1-2-4-13)17-12(9)10(15)6-8/h5-6,14-15H,1-4,7H2. The molecule has 0 radical (unpaired) electrons. The zero-order valence-electron chi connectivity index (χ0n) is 9.40. The fourth-order valence-electron chi connectivity index (χ4n) is 2.85. The van der Waals surface area contributed by atoms with Crippen molar-refractivity contribution < 1.29 is 19.7 Å². The first kappa shape index (κ1) is 10.4. The zero-order chi connectivity index (χ0) is 12.0. The summed E-state index contributed by atoms with van der Waals surface area (Å²) in [6.45, 7) is 0. The Morgan fingerprint density at radius 2 is 1.88 bits per heavy atom. The van der Waals surface area contributed by atoms with E-state index in [2.05, 4.69) is 0 Å². The summed E-state index contributed by atoms with van der Waals surface area (Å²) in [5.41, 5.74) is -0.126. The number of hydrogen-bond acceptors (Lipinski definition) is 4. The molecule has 0 amide bonds. The normalized spacial score (nSPS) is 21.3. The van der Waals surface area contributed by atoms with Crippen molar-refractivity contribution in [1.82, 2.24) is 0 Å². The Balaban J connectivity index is 2.09. The van der Waals surface area contributed by atoms with Gasteiger partial charge in [-0.3, -0.25) is 4.79 Å². The predicted molar refractivity (Wildman–Crippen MR) is 60.5 cm³/mol. The highest BCUT2D eigenvalue weighted by molar-refractivity contribution is 6.01. The molecule has 90 valence electrons. The Morgan fingerprint density at radius 3 is 2.59 bits per heavy atom. The maximum absolute atomic E-state index is 12.0. The van der Waals surface area contributed by atoms with E-state index in [1.54, 1.807) is 0 Å². The van der Waals surface area contributed by atoms with E-state index in [4.69, 9.17) is 4.74 Å². The largest absolute Gasteiger partial charge is 0.508 e. The first-order valence-electron chi connectivity index (χ1n) is 5.88. The van der Waals surface area contributed by atoms with Crippen molar-refractivity contribution in [2.24, 2.45) is 0 Å². The van der Waals surface area contributed by atoms with Gasteiger partial charge >= 0.3 is 0 Å². The summed E-state index contributed by atoms with van der Waals surface area (Å²) in [6.07, 6.45) is 4.18. The van der Waals surface area contributed by atoms with Crippen LogP contribution in [-0.2, 0) is 0 Å². The molecular formula is C13H14O4. The quantitative estimate of drug-likeness (QED) is 0.723. The number of ketones is 1. The summed E-state index contributed by atoms with van der Waals surface area (Å²) in [6, 6.07) is 2.57. The number of phenols is 2. The summed E-state index contributed by atoms with van der Waals surface area (Å²) >= 11 is 0. The van der Waals surface area contributed by atoms with E-state index in [0.29, 0.717) is 12.0 Å². The molecular weight excluding hydrogens is 220 g/mol. The minimum Gasteiger partial charge on any atom is -0.508 e. The SMILES string of the molecule is O=C1CC2(CCCC2)Oc2c(O)cc(O)cc21. The van der Waals surface area contributed by atoms with Crippen molar-refractivity contribution in [2.45, 2.75) is 37.7 Å². The minimum atomic E-state index is -0.418. The molecule has 1 saturated carbocycles. The smallest absolute Gasteiger partial charge is 0.172 e. The summed E-state index contributed by atoms with van der Waals surface area (Å²) in [5.74, 6) is -0.0832. The fourth-order valence-corrected chi connectivity index (χ4v) is 2.85. The summed E-state index contributed by atoms with van der Waals surface area (Å²) in [5, 5.41) is 19.1. The molecule has 1 heterocycles. The van der Waals surface area contributed by atoms with Gasteiger partial charge in [-0.15, -0.1) is 0 Å². The van der Waals surface area contributed by atoms with E-state index in [-0.39, 0.29) is 23.0 Å². The van der Waals surface area contributed by atoms with Gasteiger partial charge in [-0.2, -0.15) is 0 Å². The number of hydrogen-bond donors (Lipinski definition) is 2. The lowest BCUT2D eigenvalue weighted by Crippen LogP contribution is -2.39. The molecule has 2 N–H and O–H groups in total. The highest BCUT2D eigenvalue weighted by Crippen LogP contribution is 2.47. The van der Waals surface area contributed by atoms with Gasteiger partial charge in [0.2, 0.25) is 0 Å². The molecule has 0 bridgehead atoms. The minimum absolute atomic E-state index is 0.0562. The van der Waals surface area contributed by atoms with E-state index in [1.165, 1.54) is 12.1 Å². The third-order valence-electron chi connectivity index (χ3n) is 3.67. The lowest BCUT2D eigenvalue weighted by Gasteiger charge is -2.34. The van der Waals surface area contributed by atoms with E-state index >= 15 is 0 Å². The van der Waals surface area contributed by atoms with Gasteiger partial charge in [-0.05, 0) is 31.7 Å². The Hall–Kier alpha value is -1.71. The van der Waals surface area contributed by atoms with Crippen LogP contribution in [0.4, 0.5) is 0 Å². The van der Waals surface area contributed by atoms with Gasteiger partial charge in [-0.25, -0.2) is 0 Å². The summed E-state index contributed by atoms with van der Waals surface area (Å²) in [7, 11) is 0. The lowest BCUT2D eigenvalue weighted by molar-refractivity contribution is 0.0427. The van der Waals surface area contributed by atoms with Gasteiger partial charge in [0.05, 0.1) is 12.0 Å². The number of ether oxygens (including phenoxy) is 1. The molecule has 1 spiro atoms. The van der Waals surface area contributed by atoms with E-state index < -0.39 is 5.60 Å². The summed E-state index contributed by atoms with van der Waals surface area (Å²) in [4.78, 5) is 12.0. The molecule has 0 aromatic heterocycles. The first-order valence-corrected chi connectivity index (χ1v) is 5.88. The molecule has 4 nitrogen and oxygen atoms in total. The first-order chi connectivity index (χ1) is 8.10. The second-order valence-electron chi connectivity index (χ2n) is 4.93. The molecule has 0 atom stereocenters. The van der Waals surface area contributed by atoms with Gasteiger partial charge < -0.3 is 14.9 Å². The molecule has 0 unspecified atom stereocenters. The predicted octanol–water partition coefficient (Wildman–Crippen LogP) is 2.38. The average Bonchev–Trinajstić information content (AvgIpc) is 2.69. The Kier molecular flexibility index (Phi) is 2.08. The van der Waals surface area contributed by atoms with E-state index in [0.717, 1.165) is 25.7 Å². The third-order valence-corrected chi connectivity index (χ3v) is 3.67. The number of aromatic hydroxyl groups is 2.